The Kier molecular flexibility index (Phi) is 3.26. The molecule has 1 saturated carbocycles. The van der Waals surface area contributed by atoms with Crippen LogP contribution in [0.4, 0.5) is 10.1 Å². The van der Waals surface area contributed by atoms with Crippen molar-refractivity contribution in [2.45, 2.75) is 31.3 Å². The summed E-state index contributed by atoms with van der Waals surface area (Å²) in [4.78, 5) is 10.8. The van der Waals surface area contributed by atoms with Crippen molar-refractivity contribution in [2.75, 3.05) is 5.73 Å². The molecule has 1 aliphatic carbocycles. The molecule has 4 N–H and O–H groups in total. The maximum atomic E-state index is 13.4. The molecule has 1 fully saturated rings. The van der Waals surface area contributed by atoms with Gasteiger partial charge in [0.05, 0.1) is 17.2 Å². The highest BCUT2D eigenvalue weighted by molar-refractivity contribution is 5.70. The number of nitrogen functional groups attached to an aromatic ring is 1. The van der Waals surface area contributed by atoms with Gasteiger partial charge < -0.3 is 15.9 Å². The molecule has 4 nitrogen and oxygen atoms in total. The first kappa shape index (κ1) is 12.8. The van der Waals surface area contributed by atoms with E-state index in [4.69, 9.17) is 10.8 Å². The van der Waals surface area contributed by atoms with Crippen LogP contribution in [0.3, 0.4) is 0 Å². The molecule has 5 heteroatoms. The van der Waals surface area contributed by atoms with Crippen LogP contribution in [0.1, 0.15) is 31.2 Å². The lowest BCUT2D eigenvalue weighted by Crippen LogP contribution is -2.33. The minimum absolute atomic E-state index is 0.0431. The summed E-state index contributed by atoms with van der Waals surface area (Å²) in [5.74, 6) is -1.80. The largest absolute Gasteiger partial charge is 0.481 e. The smallest absolute Gasteiger partial charge is 0.306 e. The molecular formula is C13H16FNO3. The minimum atomic E-state index is -1.14. The van der Waals surface area contributed by atoms with Gasteiger partial charge >= 0.3 is 5.97 Å². The predicted molar refractivity (Wildman–Crippen MR) is 64.3 cm³/mol. The number of carboxylic acids is 1. The first-order valence-corrected chi connectivity index (χ1v) is 5.93. The van der Waals surface area contributed by atoms with Gasteiger partial charge in [-0.05, 0) is 43.4 Å². The van der Waals surface area contributed by atoms with Crippen LogP contribution in [-0.2, 0) is 10.4 Å². The summed E-state index contributed by atoms with van der Waals surface area (Å²) >= 11 is 0. The number of rotatable bonds is 2. The van der Waals surface area contributed by atoms with Crippen LogP contribution in [0.2, 0.25) is 0 Å². The SMILES string of the molecule is Nc1ccc(C2(O)CCC(C(=O)O)CC2)cc1F. The van der Waals surface area contributed by atoms with Gasteiger partial charge in [-0.1, -0.05) is 6.07 Å². The van der Waals surface area contributed by atoms with Crippen molar-refractivity contribution in [2.24, 2.45) is 5.92 Å². The second-order valence-corrected chi connectivity index (χ2v) is 4.88. The lowest BCUT2D eigenvalue weighted by molar-refractivity contribution is -0.145. The van der Waals surface area contributed by atoms with E-state index in [0.29, 0.717) is 31.2 Å². The second-order valence-electron chi connectivity index (χ2n) is 4.88. The fourth-order valence-electron chi connectivity index (χ4n) is 2.45. The van der Waals surface area contributed by atoms with Gasteiger partial charge in [-0.25, -0.2) is 4.39 Å². The Labute approximate surface area is 104 Å². The number of nitrogens with two attached hydrogens (primary N) is 1. The molecule has 0 saturated heterocycles. The van der Waals surface area contributed by atoms with Gasteiger partial charge in [0, 0.05) is 0 Å². The first-order valence-electron chi connectivity index (χ1n) is 5.93. The Morgan fingerprint density at radius 1 is 1.39 bits per heavy atom. The van der Waals surface area contributed by atoms with Crippen molar-refractivity contribution < 1.29 is 19.4 Å². The highest BCUT2D eigenvalue weighted by Crippen LogP contribution is 2.40. The molecule has 2 rings (SSSR count). The Balaban J connectivity index is 2.18. The van der Waals surface area contributed by atoms with Gasteiger partial charge in [0.25, 0.3) is 0 Å². The third-order valence-electron chi connectivity index (χ3n) is 3.70. The number of benzene rings is 1. The molecule has 0 aliphatic heterocycles. The molecule has 0 bridgehead atoms. The fourth-order valence-corrected chi connectivity index (χ4v) is 2.45. The molecule has 98 valence electrons. The molecule has 1 aromatic carbocycles. The summed E-state index contributed by atoms with van der Waals surface area (Å²) in [7, 11) is 0. The molecule has 1 aliphatic rings. The van der Waals surface area contributed by atoms with E-state index in [1.807, 2.05) is 0 Å². The van der Waals surface area contributed by atoms with Crippen molar-refractivity contribution in [3.05, 3.63) is 29.6 Å². The maximum absolute atomic E-state index is 13.4. The molecule has 0 radical (unpaired) electrons. The van der Waals surface area contributed by atoms with E-state index in [-0.39, 0.29) is 5.69 Å². The van der Waals surface area contributed by atoms with Crippen molar-refractivity contribution in [3.8, 4) is 0 Å². The number of hydrogen-bond donors (Lipinski definition) is 3. The summed E-state index contributed by atoms with van der Waals surface area (Å²) in [6.07, 6.45) is 1.45. The van der Waals surface area contributed by atoms with Crippen LogP contribution in [-0.4, -0.2) is 16.2 Å². The summed E-state index contributed by atoms with van der Waals surface area (Å²) < 4.78 is 13.4. The average Bonchev–Trinajstić information content (AvgIpc) is 2.33. The Hall–Kier alpha value is -1.62. The van der Waals surface area contributed by atoms with Gasteiger partial charge in [0.1, 0.15) is 5.82 Å². The number of halogens is 1. The maximum Gasteiger partial charge on any atom is 0.306 e. The van der Waals surface area contributed by atoms with E-state index in [9.17, 15) is 14.3 Å². The molecule has 0 amide bonds. The standard InChI is InChI=1S/C13H16FNO3/c14-10-7-9(1-2-11(10)15)13(18)5-3-8(4-6-13)12(16)17/h1-2,7-8,18H,3-6,15H2,(H,16,17). The van der Waals surface area contributed by atoms with E-state index in [1.54, 1.807) is 6.07 Å². The number of aliphatic carboxylic acids is 1. The van der Waals surface area contributed by atoms with Gasteiger partial charge in [-0.15, -0.1) is 0 Å². The monoisotopic (exact) mass is 253 g/mol. The number of anilines is 1. The quantitative estimate of drug-likeness (QED) is 0.702. The zero-order valence-electron chi connectivity index (χ0n) is 9.90. The Morgan fingerprint density at radius 2 is 2.00 bits per heavy atom. The summed E-state index contributed by atoms with van der Waals surface area (Å²) in [5, 5.41) is 19.4. The number of aliphatic hydroxyl groups is 1. The van der Waals surface area contributed by atoms with Gasteiger partial charge in [-0.3, -0.25) is 4.79 Å². The Morgan fingerprint density at radius 3 is 2.50 bits per heavy atom. The average molecular weight is 253 g/mol. The highest BCUT2D eigenvalue weighted by Gasteiger charge is 2.37. The van der Waals surface area contributed by atoms with Crippen molar-refractivity contribution in [3.63, 3.8) is 0 Å². The lowest BCUT2D eigenvalue weighted by Gasteiger charge is -2.35. The van der Waals surface area contributed by atoms with Crippen molar-refractivity contribution in [1.82, 2.24) is 0 Å². The fraction of sp³-hybridized carbons (Fsp3) is 0.462. The minimum Gasteiger partial charge on any atom is -0.481 e. The summed E-state index contributed by atoms with van der Waals surface area (Å²) in [6, 6.07) is 4.25. The molecule has 1 aromatic rings. The van der Waals surface area contributed by atoms with Gasteiger partial charge in [0.15, 0.2) is 0 Å². The molecule has 0 spiro atoms. The van der Waals surface area contributed by atoms with Crippen molar-refractivity contribution in [1.29, 1.82) is 0 Å². The molecule has 0 aromatic heterocycles. The molecule has 0 heterocycles. The van der Waals surface area contributed by atoms with Gasteiger partial charge in [0.2, 0.25) is 0 Å². The van der Waals surface area contributed by atoms with E-state index >= 15 is 0 Å². The molecule has 0 unspecified atom stereocenters. The Bertz CT molecular complexity index is 467. The first-order chi connectivity index (χ1) is 8.42. The van der Waals surface area contributed by atoms with Gasteiger partial charge in [-0.2, -0.15) is 0 Å². The number of carbonyl (C=O) groups is 1. The molecule has 0 atom stereocenters. The van der Waals surface area contributed by atoms with E-state index in [1.165, 1.54) is 12.1 Å². The van der Waals surface area contributed by atoms with Crippen LogP contribution < -0.4 is 5.73 Å². The van der Waals surface area contributed by atoms with Crippen LogP contribution in [0.15, 0.2) is 18.2 Å². The van der Waals surface area contributed by atoms with E-state index in [2.05, 4.69) is 0 Å². The van der Waals surface area contributed by atoms with Crippen molar-refractivity contribution >= 4 is 11.7 Å². The summed E-state index contributed by atoms with van der Waals surface area (Å²) in [5.41, 5.74) is 4.76. The third kappa shape index (κ3) is 2.31. The summed E-state index contributed by atoms with van der Waals surface area (Å²) in [6.45, 7) is 0. The topological polar surface area (TPSA) is 83.5 Å². The molecule has 18 heavy (non-hydrogen) atoms. The normalized spacial score (nSPS) is 28.0. The zero-order valence-corrected chi connectivity index (χ0v) is 9.90. The van der Waals surface area contributed by atoms with E-state index in [0.717, 1.165) is 0 Å². The van der Waals surface area contributed by atoms with Crippen LogP contribution in [0.5, 0.6) is 0 Å². The predicted octanol–water partition coefficient (Wildman–Crippen LogP) is 1.87. The number of hydrogen-bond acceptors (Lipinski definition) is 3. The van der Waals surface area contributed by atoms with Crippen LogP contribution in [0.25, 0.3) is 0 Å². The van der Waals surface area contributed by atoms with E-state index < -0.39 is 23.3 Å². The third-order valence-corrected chi connectivity index (χ3v) is 3.70. The second kappa shape index (κ2) is 4.57. The lowest BCUT2D eigenvalue weighted by atomic mass is 9.75. The number of carboxylic acid groups (broad SMARTS) is 1. The highest BCUT2D eigenvalue weighted by atomic mass is 19.1. The zero-order chi connectivity index (χ0) is 13.3. The van der Waals surface area contributed by atoms with Crippen LogP contribution >= 0.6 is 0 Å². The molecular weight excluding hydrogens is 237 g/mol. The van der Waals surface area contributed by atoms with Crippen LogP contribution in [0, 0.1) is 11.7 Å².